The molecule has 34 heavy (non-hydrogen) atoms. The van der Waals surface area contributed by atoms with Crippen molar-refractivity contribution >= 4 is 39.1 Å². The lowest BCUT2D eigenvalue weighted by Gasteiger charge is -2.12. The Kier molecular flexibility index (Phi) is 6.50. The number of thiophene rings is 1. The molecular formula is C26H30N4O3S. The standard InChI is InChI=1S/C26H30N4O3S/c1-16-21-25(29-20-12-3-2-6-13-30(20)26(21)33)34-22(16)24(32)27-15-17-8-7-11-19(14-17)28-23(31)18-9-4-5-10-18/h7-8,11,14,18H,2-6,9-10,12-13,15H2,1H3,(H,27,32)(H,28,31). The zero-order valence-electron chi connectivity index (χ0n) is 19.5. The van der Waals surface area contributed by atoms with Crippen LogP contribution in [0.3, 0.4) is 0 Å². The predicted octanol–water partition coefficient (Wildman–Crippen LogP) is 4.55. The van der Waals surface area contributed by atoms with Gasteiger partial charge in [-0.15, -0.1) is 11.3 Å². The number of fused-ring (bicyclic) bond motifs is 2. The van der Waals surface area contributed by atoms with Crippen molar-refractivity contribution < 1.29 is 9.59 Å². The van der Waals surface area contributed by atoms with Crippen molar-refractivity contribution in [1.29, 1.82) is 0 Å². The summed E-state index contributed by atoms with van der Waals surface area (Å²) in [6, 6.07) is 7.58. The highest BCUT2D eigenvalue weighted by Crippen LogP contribution is 2.29. The maximum atomic E-state index is 13.1. The first-order chi connectivity index (χ1) is 16.5. The number of rotatable bonds is 5. The van der Waals surface area contributed by atoms with Crippen LogP contribution < -0.4 is 16.2 Å². The number of nitrogens with zero attached hydrogens (tertiary/aromatic N) is 2. The zero-order chi connectivity index (χ0) is 23.7. The van der Waals surface area contributed by atoms with Gasteiger partial charge in [0.1, 0.15) is 10.7 Å². The van der Waals surface area contributed by atoms with E-state index < -0.39 is 0 Å². The lowest BCUT2D eigenvalue weighted by molar-refractivity contribution is -0.119. The van der Waals surface area contributed by atoms with Gasteiger partial charge >= 0.3 is 0 Å². The van der Waals surface area contributed by atoms with Crippen molar-refractivity contribution in [3.05, 3.63) is 56.4 Å². The van der Waals surface area contributed by atoms with E-state index in [0.29, 0.717) is 33.7 Å². The van der Waals surface area contributed by atoms with Gasteiger partial charge in [-0.25, -0.2) is 4.98 Å². The molecule has 0 bridgehead atoms. The van der Waals surface area contributed by atoms with E-state index in [1.54, 1.807) is 4.57 Å². The number of aryl methyl sites for hydroxylation is 2. The van der Waals surface area contributed by atoms with Gasteiger partial charge in [-0.3, -0.25) is 19.0 Å². The first-order valence-corrected chi connectivity index (χ1v) is 13.0. The number of nitrogens with one attached hydrogen (secondary N) is 2. The van der Waals surface area contributed by atoms with Crippen LogP contribution in [0.25, 0.3) is 10.2 Å². The first kappa shape index (κ1) is 22.8. The maximum Gasteiger partial charge on any atom is 0.262 e. The minimum atomic E-state index is -0.208. The molecule has 0 unspecified atom stereocenters. The SMILES string of the molecule is Cc1c(C(=O)NCc2cccc(NC(=O)C3CCCC3)c2)sc2nc3n(c(=O)c12)CCCCC3. The Bertz CT molecular complexity index is 1300. The third kappa shape index (κ3) is 4.51. The van der Waals surface area contributed by atoms with Gasteiger partial charge in [0.25, 0.3) is 11.5 Å². The summed E-state index contributed by atoms with van der Waals surface area (Å²) < 4.78 is 1.79. The molecule has 1 fully saturated rings. The van der Waals surface area contributed by atoms with Gasteiger partial charge in [0.2, 0.25) is 5.91 Å². The molecule has 3 heterocycles. The largest absolute Gasteiger partial charge is 0.347 e. The Morgan fingerprint density at radius 1 is 1.15 bits per heavy atom. The second kappa shape index (κ2) is 9.70. The van der Waals surface area contributed by atoms with Gasteiger partial charge in [-0.05, 0) is 55.9 Å². The minimum Gasteiger partial charge on any atom is -0.347 e. The third-order valence-electron chi connectivity index (χ3n) is 6.99. The zero-order valence-corrected chi connectivity index (χ0v) is 20.3. The van der Waals surface area contributed by atoms with Gasteiger partial charge in [0.05, 0.1) is 10.3 Å². The Balaban J connectivity index is 1.31. The summed E-state index contributed by atoms with van der Waals surface area (Å²) in [6.07, 6.45) is 8.07. The fourth-order valence-electron chi connectivity index (χ4n) is 5.08. The minimum absolute atomic E-state index is 0.0274. The van der Waals surface area contributed by atoms with Crippen LogP contribution in [0, 0.1) is 12.8 Å². The molecular weight excluding hydrogens is 448 g/mol. The number of carbonyl (C=O) groups excluding carboxylic acids is 2. The van der Waals surface area contributed by atoms with E-state index >= 15 is 0 Å². The fourth-order valence-corrected chi connectivity index (χ4v) is 6.19. The third-order valence-corrected chi connectivity index (χ3v) is 8.18. The molecule has 0 atom stereocenters. The fraction of sp³-hybridized carbons (Fsp3) is 0.462. The molecule has 2 aliphatic rings. The number of hydrogen-bond acceptors (Lipinski definition) is 5. The highest BCUT2D eigenvalue weighted by atomic mass is 32.1. The molecule has 2 N–H and O–H groups in total. The van der Waals surface area contributed by atoms with E-state index in [4.69, 9.17) is 4.98 Å². The summed E-state index contributed by atoms with van der Waals surface area (Å²) in [5, 5.41) is 6.55. The molecule has 0 radical (unpaired) electrons. The van der Waals surface area contributed by atoms with Crippen molar-refractivity contribution in [2.75, 3.05) is 5.32 Å². The van der Waals surface area contributed by atoms with Crippen LogP contribution in [0.2, 0.25) is 0 Å². The van der Waals surface area contributed by atoms with Crippen LogP contribution >= 0.6 is 11.3 Å². The molecule has 0 spiro atoms. The number of carbonyl (C=O) groups is 2. The number of aromatic nitrogens is 2. The molecule has 178 valence electrons. The molecule has 5 rings (SSSR count). The van der Waals surface area contributed by atoms with Crippen LogP contribution in [0.15, 0.2) is 29.1 Å². The van der Waals surface area contributed by atoms with E-state index in [0.717, 1.165) is 68.4 Å². The highest BCUT2D eigenvalue weighted by molar-refractivity contribution is 7.20. The molecule has 3 aromatic rings. The number of hydrogen-bond donors (Lipinski definition) is 2. The number of benzene rings is 1. The van der Waals surface area contributed by atoms with Gasteiger partial charge in [0.15, 0.2) is 0 Å². The Hall–Kier alpha value is -3.00. The lowest BCUT2D eigenvalue weighted by Crippen LogP contribution is -2.25. The number of anilines is 1. The summed E-state index contributed by atoms with van der Waals surface area (Å²) in [7, 11) is 0. The van der Waals surface area contributed by atoms with Gasteiger partial charge in [-0.2, -0.15) is 0 Å². The topological polar surface area (TPSA) is 93.1 Å². The molecule has 1 aliphatic carbocycles. The Labute approximate surface area is 202 Å². The van der Waals surface area contributed by atoms with Gasteiger partial charge < -0.3 is 10.6 Å². The van der Waals surface area contributed by atoms with Crippen molar-refractivity contribution in [3.8, 4) is 0 Å². The summed E-state index contributed by atoms with van der Waals surface area (Å²) >= 11 is 1.29. The lowest BCUT2D eigenvalue weighted by atomic mass is 10.1. The normalized spacial score (nSPS) is 16.3. The van der Waals surface area contributed by atoms with E-state index in [2.05, 4.69) is 10.6 Å². The smallest absolute Gasteiger partial charge is 0.262 e. The van der Waals surface area contributed by atoms with Crippen LogP contribution in [0.5, 0.6) is 0 Å². The molecule has 2 amide bonds. The Morgan fingerprint density at radius 3 is 2.79 bits per heavy atom. The second-order valence-electron chi connectivity index (χ2n) is 9.39. The monoisotopic (exact) mass is 478 g/mol. The molecule has 1 aromatic carbocycles. The summed E-state index contributed by atoms with van der Waals surface area (Å²) in [4.78, 5) is 44.5. The molecule has 2 aromatic heterocycles. The van der Waals surface area contributed by atoms with Crippen LogP contribution in [-0.4, -0.2) is 21.4 Å². The number of amides is 2. The molecule has 8 heteroatoms. The van der Waals surface area contributed by atoms with Gasteiger partial charge in [-0.1, -0.05) is 31.4 Å². The van der Waals surface area contributed by atoms with Crippen molar-refractivity contribution in [3.63, 3.8) is 0 Å². The average Bonchev–Trinajstić information content (AvgIpc) is 3.41. The van der Waals surface area contributed by atoms with Crippen LogP contribution in [-0.2, 0) is 24.3 Å². The van der Waals surface area contributed by atoms with E-state index in [9.17, 15) is 14.4 Å². The molecule has 1 saturated carbocycles. The average molecular weight is 479 g/mol. The van der Waals surface area contributed by atoms with Crippen molar-refractivity contribution in [1.82, 2.24) is 14.9 Å². The molecule has 7 nitrogen and oxygen atoms in total. The second-order valence-corrected chi connectivity index (χ2v) is 10.4. The first-order valence-electron chi connectivity index (χ1n) is 12.2. The highest BCUT2D eigenvalue weighted by Gasteiger charge is 2.23. The van der Waals surface area contributed by atoms with Gasteiger partial charge in [0, 0.05) is 31.1 Å². The predicted molar refractivity (Wildman–Crippen MR) is 134 cm³/mol. The molecule has 1 aliphatic heterocycles. The quantitative estimate of drug-likeness (QED) is 0.563. The summed E-state index contributed by atoms with van der Waals surface area (Å²) in [5.74, 6) is 0.809. The van der Waals surface area contributed by atoms with Crippen LogP contribution in [0.4, 0.5) is 5.69 Å². The summed E-state index contributed by atoms with van der Waals surface area (Å²) in [5.41, 5.74) is 2.33. The van der Waals surface area contributed by atoms with Crippen LogP contribution in [0.1, 0.15) is 71.6 Å². The van der Waals surface area contributed by atoms with Crippen molar-refractivity contribution in [2.24, 2.45) is 5.92 Å². The summed E-state index contributed by atoms with van der Waals surface area (Å²) in [6.45, 7) is 2.86. The Morgan fingerprint density at radius 2 is 1.97 bits per heavy atom. The van der Waals surface area contributed by atoms with E-state index in [1.807, 2.05) is 31.2 Å². The maximum absolute atomic E-state index is 13.1. The van der Waals surface area contributed by atoms with Crippen molar-refractivity contribution in [2.45, 2.75) is 71.4 Å². The van der Waals surface area contributed by atoms with E-state index in [-0.39, 0.29) is 23.3 Å². The molecule has 0 saturated heterocycles. The van der Waals surface area contributed by atoms with E-state index in [1.165, 1.54) is 11.3 Å².